The number of fused-ring (bicyclic) bond motifs is 1. The highest BCUT2D eigenvalue weighted by atomic mass is 35.5. The molecule has 0 radical (unpaired) electrons. The van der Waals surface area contributed by atoms with Crippen molar-refractivity contribution >= 4 is 28.8 Å². The van der Waals surface area contributed by atoms with Crippen LogP contribution in [0.25, 0.3) is 5.65 Å². The maximum Gasteiger partial charge on any atom is 0.271 e. The predicted molar refractivity (Wildman–Crippen MR) is 114 cm³/mol. The van der Waals surface area contributed by atoms with Crippen LogP contribution in [0.15, 0.2) is 36.5 Å². The molecule has 1 aliphatic carbocycles. The first kappa shape index (κ1) is 20.4. The number of hydrogen-bond acceptors (Lipinski definition) is 6. The largest absolute Gasteiger partial charge is 0.497 e. The Morgan fingerprint density at radius 1 is 1.30 bits per heavy atom. The van der Waals surface area contributed by atoms with Gasteiger partial charge in [0.1, 0.15) is 5.75 Å². The van der Waals surface area contributed by atoms with Crippen molar-refractivity contribution in [3.63, 3.8) is 0 Å². The summed E-state index contributed by atoms with van der Waals surface area (Å²) >= 11 is 6.28. The number of anilines is 1. The Morgan fingerprint density at radius 3 is 2.70 bits per heavy atom. The zero-order chi connectivity index (χ0) is 21.3. The molecule has 1 aliphatic rings. The molecule has 158 valence electrons. The second-order valence-corrected chi connectivity index (χ2v) is 7.75. The van der Waals surface area contributed by atoms with Gasteiger partial charge in [-0.15, -0.1) is 0 Å². The van der Waals surface area contributed by atoms with Crippen LogP contribution in [0.4, 0.5) is 5.69 Å². The molecule has 0 saturated heterocycles. The van der Waals surface area contributed by atoms with Crippen LogP contribution in [0.2, 0.25) is 5.15 Å². The number of carbonyl (C=O) groups excluding carboxylic acids is 1. The van der Waals surface area contributed by atoms with E-state index in [4.69, 9.17) is 21.1 Å². The fraction of sp³-hybridized carbons (Fsp3) is 0.381. The van der Waals surface area contributed by atoms with Crippen molar-refractivity contribution in [2.75, 3.05) is 26.2 Å². The van der Waals surface area contributed by atoms with E-state index in [1.165, 1.54) is 10.7 Å². The molecule has 2 aromatic heterocycles. The number of aromatic nitrogens is 3. The van der Waals surface area contributed by atoms with E-state index in [2.05, 4.69) is 15.4 Å². The van der Waals surface area contributed by atoms with Crippen LogP contribution in [0.3, 0.4) is 0 Å². The van der Waals surface area contributed by atoms with Crippen molar-refractivity contribution in [3.05, 3.63) is 52.9 Å². The second-order valence-electron chi connectivity index (χ2n) is 7.37. The van der Waals surface area contributed by atoms with Gasteiger partial charge in [-0.3, -0.25) is 4.79 Å². The summed E-state index contributed by atoms with van der Waals surface area (Å²) in [4.78, 5) is 19.3. The first-order chi connectivity index (χ1) is 14.5. The Kier molecular flexibility index (Phi) is 5.78. The number of nitrogens with zero attached hydrogens (tertiary/aromatic N) is 4. The van der Waals surface area contributed by atoms with Gasteiger partial charge in [-0.25, -0.2) is 9.50 Å². The van der Waals surface area contributed by atoms with E-state index >= 15 is 0 Å². The fourth-order valence-corrected chi connectivity index (χ4v) is 3.79. The number of benzene rings is 1. The molecule has 4 rings (SSSR count). The summed E-state index contributed by atoms with van der Waals surface area (Å²) in [5, 5.41) is 7.58. The van der Waals surface area contributed by atoms with Crippen LogP contribution in [-0.2, 0) is 11.3 Å². The molecular formula is C21H24ClN5O3. The van der Waals surface area contributed by atoms with E-state index in [0.717, 1.165) is 29.8 Å². The summed E-state index contributed by atoms with van der Waals surface area (Å²) in [7, 11) is 5.24. The molecule has 1 N–H and O–H groups in total. The smallest absolute Gasteiger partial charge is 0.271 e. The number of nitrogens with one attached hydrogen (secondary N) is 1. The average Bonchev–Trinajstić information content (AvgIpc) is 3.15. The van der Waals surface area contributed by atoms with Gasteiger partial charge in [-0.1, -0.05) is 23.7 Å². The molecule has 2 atom stereocenters. The van der Waals surface area contributed by atoms with E-state index in [0.29, 0.717) is 17.9 Å². The molecule has 0 spiro atoms. The van der Waals surface area contributed by atoms with Crippen LogP contribution in [0.1, 0.15) is 28.9 Å². The molecule has 30 heavy (non-hydrogen) atoms. The molecule has 8 nitrogen and oxygen atoms in total. The van der Waals surface area contributed by atoms with Crippen LogP contribution >= 0.6 is 11.6 Å². The summed E-state index contributed by atoms with van der Waals surface area (Å²) in [5.41, 5.74) is 2.79. The van der Waals surface area contributed by atoms with Crippen molar-refractivity contribution in [1.29, 1.82) is 0 Å². The lowest BCUT2D eigenvalue weighted by Crippen LogP contribution is -2.51. The molecule has 1 saturated carbocycles. The van der Waals surface area contributed by atoms with Gasteiger partial charge in [-0.2, -0.15) is 5.10 Å². The Balaban J connectivity index is 1.58. The maximum atomic E-state index is 12.8. The molecule has 1 aromatic carbocycles. The van der Waals surface area contributed by atoms with Gasteiger partial charge in [0, 0.05) is 26.8 Å². The molecule has 1 fully saturated rings. The first-order valence-electron chi connectivity index (χ1n) is 9.72. The molecule has 2 heterocycles. The zero-order valence-electron chi connectivity index (χ0n) is 17.1. The quantitative estimate of drug-likeness (QED) is 0.622. The minimum absolute atomic E-state index is 0.00412. The van der Waals surface area contributed by atoms with Crippen LogP contribution < -0.4 is 15.0 Å². The van der Waals surface area contributed by atoms with Crippen molar-refractivity contribution in [3.8, 4) is 5.75 Å². The topological polar surface area (TPSA) is 81.0 Å². The highest BCUT2D eigenvalue weighted by molar-refractivity contribution is 6.29. The lowest BCUT2D eigenvalue weighted by Gasteiger charge is -2.35. The second kappa shape index (κ2) is 8.49. The minimum Gasteiger partial charge on any atom is -0.497 e. The molecule has 1 amide bonds. The van der Waals surface area contributed by atoms with Crippen molar-refractivity contribution in [1.82, 2.24) is 19.9 Å². The predicted octanol–water partition coefficient (Wildman–Crippen LogP) is 2.93. The number of amides is 1. The van der Waals surface area contributed by atoms with Crippen molar-refractivity contribution < 1.29 is 14.3 Å². The monoisotopic (exact) mass is 429 g/mol. The third kappa shape index (κ3) is 3.93. The lowest BCUT2D eigenvalue weighted by molar-refractivity contribution is 0.00717. The van der Waals surface area contributed by atoms with Crippen LogP contribution in [0.5, 0.6) is 5.75 Å². The zero-order valence-corrected chi connectivity index (χ0v) is 17.9. The highest BCUT2D eigenvalue weighted by Crippen LogP contribution is 2.26. The molecule has 0 aliphatic heterocycles. The number of halogens is 1. The average molecular weight is 430 g/mol. The van der Waals surface area contributed by atoms with Gasteiger partial charge < -0.3 is 19.7 Å². The minimum atomic E-state index is -0.243. The number of methoxy groups -OCH3 is 2. The van der Waals surface area contributed by atoms with Gasteiger partial charge in [-0.05, 0) is 30.5 Å². The van der Waals surface area contributed by atoms with Gasteiger partial charge in [0.25, 0.3) is 5.91 Å². The molecule has 0 unspecified atom stereocenters. The third-order valence-corrected chi connectivity index (χ3v) is 5.66. The lowest BCUT2D eigenvalue weighted by atomic mass is 9.89. The standard InChI is InChI=1S/C21H24ClN5O3/c1-26(12-13-4-6-14(29-2)7-5-13)16-10-19(22)25-27-17(11-23-20(16)27)21(28)24-15-8-9-18(15)30-3/h4-7,10-11,15,18H,8-9,12H2,1-3H3,(H,24,28)/t15-,18-/m1/s1. The van der Waals surface area contributed by atoms with Gasteiger partial charge in [0.15, 0.2) is 16.5 Å². The Bertz CT molecular complexity index is 1050. The molecule has 0 bridgehead atoms. The molecular weight excluding hydrogens is 406 g/mol. The van der Waals surface area contributed by atoms with E-state index in [9.17, 15) is 4.79 Å². The van der Waals surface area contributed by atoms with Crippen molar-refractivity contribution in [2.45, 2.75) is 31.5 Å². The number of hydrogen-bond donors (Lipinski definition) is 1. The Labute approximate surface area is 179 Å². The first-order valence-corrected chi connectivity index (χ1v) is 10.1. The Hall–Kier alpha value is -2.84. The normalized spacial score (nSPS) is 18.1. The number of imidazole rings is 1. The maximum absolute atomic E-state index is 12.8. The Morgan fingerprint density at radius 2 is 2.07 bits per heavy atom. The molecule has 3 aromatic rings. The van der Waals surface area contributed by atoms with E-state index in [-0.39, 0.29) is 23.2 Å². The fourth-order valence-electron chi connectivity index (χ4n) is 3.61. The van der Waals surface area contributed by atoms with Crippen LogP contribution in [-0.4, -0.2) is 53.9 Å². The SMILES string of the molecule is COc1ccc(CN(C)c2cc(Cl)nn3c(C(=O)N[C@@H]4CC[C@H]4OC)cnc23)cc1. The summed E-state index contributed by atoms with van der Waals surface area (Å²) in [6.45, 7) is 0.631. The third-order valence-electron chi connectivity index (χ3n) is 5.47. The summed E-state index contributed by atoms with van der Waals surface area (Å²) < 4.78 is 12.1. The summed E-state index contributed by atoms with van der Waals surface area (Å²) in [6.07, 6.45) is 3.42. The summed E-state index contributed by atoms with van der Waals surface area (Å²) in [6, 6.07) is 9.61. The number of carbonyl (C=O) groups is 1. The highest BCUT2D eigenvalue weighted by Gasteiger charge is 2.33. The number of rotatable bonds is 7. The summed E-state index contributed by atoms with van der Waals surface area (Å²) in [5.74, 6) is 0.564. The van der Waals surface area contributed by atoms with Gasteiger partial charge in [0.05, 0.1) is 31.1 Å². The van der Waals surface area contributed by atoms with E-state index in [1.54, 1.807) is 20.3 Å². The van der Waals surface area contributed by atoms with E-state index < -0.39 is 0 Å². The van der Waals surface area contributed by atoms with Gasteiger partial charge >= 0.3 is 0 Å². The molecule has 9 heteroatoms. The van der Waals surface area contributed by atoms with Crippen LogP contribution in [0, 0.1) is 0 Å². The number of ether oxygens (including phenoxy) is 2. The van der Waals surface area contributed by atoms with E-state index in [1.807, 2.05) is 36.2 Å². The van der Waals surface area contributed by atoms with Crippen molar-refractivity contribution in [2.24, 2.45) is 0 Å². The van der Waals surface area contributed by atoms with Gasteiger partial charge in [0.2, 0.25) is 0 Å².